The Kier molecular flexibility index (Phi) is 4.66. The topological polar surface area (TPSA) is 49.6 Å². The van der Waals surface area contributed by atoms with Crippen LogP contribution in [-0.2, 0) is 6.54 Å². The summed E-state index contributed by atoms with van der Waals surface area (Å²) in [5.41, 5.74) is 3.55. The maximum absolute atomic E-state index is 12.4. The SMILES string of the molecule is Cc1c(Cl)c(CN2CCN(C(=O)c3ccoc3)CC2)nc2ccccc12. The van der Waals surface area contributed by atoms with Crippen molar-refractivity contribution in [2.75, 3.05) is 26.2 Å². The van der Waals surface area contributed by atoms with Gasteiger partial charge in [0.15, 0.2) is 0 Å². The number of furan rings is 1. The van der Waals surface area contributed by atoms with Gasteiger partial charge in [-0.05, 0) is 24.6 Å². The minimum atomic E-state index is 0.0242. The smallest absolute Gasteiger partial charge is 0.257 e. The first-order valence-corrected chi connectivity index (χ1v) is 9.09. The number of piperazine rings is 1. The van der Waals surface area contributed by atoms with Crippen molar-refractivity contribution in [3.8, 4) is 0 Å². The molecular weight excluding hydrogens is 350 g/mol. The van der Waals surface area contributed by atoms with Crippen molar-refractivity contribution >= 4 is 28.4 Å². The van der Waals surface area contributed by atoms with Crippen LogP contribution >= 0.6 is 11.6 Å². The Morgan fingerprint density at radius 2 is 1.96 bits per heavy atom. The summed E-state index contributed by atoms with van der Waals surface area (Å²) < 4.78 is 5.01. The van der Waals surface area contributed by atoms with Gasteiger partial charge in [-0.2, -0.15) is 0 Å². The molecule has 1 aromatic carbocycles. The highest BCUT2D eigenvalue weighted by molar-refractivity contribution is 6.32. The van der Waals surface area contributed by atoms with Crippen LogP contribution < -0.4 is 0 Å². The first-order chi connectivity index (χ1) is 12.6. The number of fused-ring (bicyclic) bond motifs is 1. The molecule has 0 saturated carbocycles. The number of pyridine rings is 1. The first-order valence-electron chi connectivity index (χ1n) is 8.71. The van der Waals surface area contributed by atoms with Crippen LogP contribution in [0.2, 0.25) is 5.02 Å². The predicted octanol–water partition coefficient (Wildman–Crippen LogP) is 3.75. The minimum Gasteiger partial charge on any atom is -0.472 e. The lowest BCUT2D eigenvalue weighted by Crippen LogP contribution is -2.48. The maximum atomic E-state index is 12.4. The highest BCUT2D eigenvalue weighted by Gasteiger charge is 2.23. The number of hydrogen-bond acceptors (Lipinski definition) is 4. The molecule has 1 aliphatic heterocycles. The molecule has 0 atom stereocenters. The van der Waals surface area contributed by atoms with E-state index in [9.17, 15) is 4.79 Å². The molecule has 1 amide bonds. The van der Waals surface area contributed by atoms with Gasteiger partial charge < -0.3 is 9.32 Å². The molecule has 3 aromatic rings. The van der Waals surface area contributed by atoms with Crippen LogP contribution in [0.3, 0.4) is 0 Å². The van der Waals surface area contributed by atoms with Crippen molar-refractivity contribution in [1.29, 1.82) is 0 Å². The Morgan fingerprint density at radius 3 is 2.69 bits per heavy atom. The van der Waals surface area contributed by atoms with E-state index in [1.54, 1.807) is 6.07 Å². The Balaban J connectivity index is 1.45. The molecule has 0 N–H and O–H groups in total. The quantitative estimate of drug-likeness (QED) is 0.705. The van der Waals surface area contributed by atoms with Gasteiger partial charge >= 0.3 is 0 Å². The van der Waals surface area contributed by atoms with Crippen molar-refractivity contribution in [3.63, 3.8) is 0 Å². The largest absolute Gasteiger partial charge is 0.472 e. The number of amides is 1. The standard InChI is InChI=1S/C20H20ClN3O2/c1-14-16-4-2-3-5-17(16)22-18(19(14)21)12-23-7-9-24(10-8-23)20(25)15-6-11-26-13-15/h2-6,11,13H,7-10,12H2,1H3. The molecule has 134 valence electrons. The summed E-state index contributed by atoms with van der Waals surface area (Å²) in [6, 6.07) is 9.77. The minimum absolute atomic E-state index is 0.0242. The molecule has 3 heterocycles. The second-order valence-corrected chi connectivity index (χ2v) is 6.97. The molecule has 6 heteroatoms. The second kappa shape index (κ2) is 7.09. The molecule has 1 fully saturated rings. The summed E-state index contributed by atoms with van der Waals surface area (Å²) in [5.74, 6) is 0.0242. The van der Waals surface area contributed by atoms with Gasteiger partial charge in [-0.3, -0.25) is 9.69 Å². The van der Waals surface area contributed by atoms with Gasteiger partial charge in [0.25, 0.3) is 5.91 Å². The monoisotopic (exact) mass is 369 g/mol. The van der Waals surface area contributed by atoms with E-state index in [1.165, 1.54) is 12.5 Å². The normalized spacial score (nSPS) is 15.5. The van der Waals surface area contributed by atoms with Gasteiger partial charge in [0, 0.05) is 38.1 Å². The zero-order chi connectivity index (χ0) is 18.1. The average Bonchev–Trinajstić information content (AvgIpc) is 3.21. The third kappa shape index (κ3) is 3.20. The third-order valence-corrected chi connectivity index (χ3v) is 5.45. The number of benzene rings is 1. The van der Waals surface area contributed by atoms with E-state index in [0.29, 0.717) is 25.2 Å². The molecule has 5 nitrogen and oxygen atoms in total. The maximum Gasteiger partial charge on any atom is 0.257 e. The van der Waals surface area contributed by atoms with E-state index in [-0.39, 0.29) is 5.91 Å². The molecule has 0 radical (unpaired) electrons. The van der Waals surface area contributed by atoms with E-state index in [1.807, 2.05) is 36.1 Å². The van der Waals surface area contributed by atoms with Crippen molar-refractivity contribution in [2.24, 2.45) is 0 Å². The van der Waals surface area contributed by atoms with E-state index >= 15 is 0 Å². The van der Waals surface area contributed by atoms with Crippen LogP contribution in [0.4, 0.5) is 0 Å². The van der Waals surface area contributed by atoms with Crippen molar-refractivity contribution < 1.29 is 9.21 Å². The van der Waals surface area contributed by atoms with Crippen LogP contribution in [0.1, 0.15) is 21.6 Å². The number of halogens is 1. The van der Waals surface area contributed by atoms with Gasteiger partial charge in [0.1, 0.15) is 6.26 Å². The Bertz CT molecular complexity index is 932. The van der Waals surface area contributed by atoms with Gasteiger partial charge in [-0.1, -0.05) is 29.8 Å². The van der Waals surface area contributed by atoms with Gasteiger partial charge in [0.05, 0.1) is 28.1 Å². The zero-order valence-electron chi connectivity index (χ0n) is 14.6. The summed E-state index contributed by atoms with van der Waals surface area (Å²) in [7, 11) is 0. The van der Waals surface area contributed by atoms with Crippen molar-refractivity contribution in [2.45, 2.75) is 13.5 Å². The van der Waals surface area contributed by atoms with Crippen LogP contribution in [0.25, 0.3) is 10.9 Å². The van der Waals surface area contributed by atoms with Crippen molar-refractivity contribution in [1.82, 2.24) is 14.8 Å². The third-order valence-electron chi connectivity index (χ3n) is 4.95. The zero-order valence-corrected chi connectivity index (χ0v) is 15.4. The highest BCUT2D eigenvalue weighted by Crippen LogP contribution is 2.28. The van der Waals surface area contributed by atoms with Crippen molar-refractivity contribution in [3.05, 3.63) is 64.7 Å². The molecule has 26 heavy (non-hydrogen) atoms. The fraction of sp³-hybridized carbons (Fsp3) is 0.300. The molecule has 0 bridgehead atoms. The molecule has 0 aliphatic carbocycles. The van der Waals surface area contributed by atoms with Gasteiger partial charge in [0.2, 0.25) is 0 Å². The van der Waals surface area contributed by atoms with Crippen LogP contribution in [-0.4, -0.2) is 46.9 Å². The summed E-state index contributed by atoms with van der Waals surface area (Å²) in [6.07, 6.45) is 3.02. The number of carbonyl (C=O) groups excluding carboxylic acids is 1. The molecule has 0 spiro atoms. The van der Waals surface area contributed by atoms with Crippen LogP contribution in [0, 0.1) is 6.92 Å². The molecule has 2 aromatic heterocycles. The molecule has 4 rings (SSSR count). The number of carbonyl (C=O) groups is 1. The Hall–Kier alpha value is -2.37. The lowest BCUT2D eigenvalue weighted by Gasteiger charge is -2.34. The number of aromatic nitrogens is 1. The Labute approximate surface area is 157 Å². The van der Waals surface area contributed by atoms with E-state index in [0.717, 1.165) is 40.3 Å². The van der Waals surface area contributed by atoms with Crippen LogP contribution in [0.15, 0.2) is 47.3 Å². The van der Waals surface area contributed by atoms with E-state index in [4.69, 9.17) is 21.0 Å². The fourth-order valence-corrected chi connectivity index (χ4v) is 3.62. The van der Waals surface area contributed by atoms with E-state index < -0.39 is 0 Å². The predicted molar refractivity (Wildman–Crippen MR) is 101 cm³/mol. The Morgan fingerprint density at radius 1 is 1.19 bits per heavy atom. The number of nitrogens with zero attached hydrogens (tertiary/aromatic N) is 3. The summed E-state index contributed by atoms with van der Waals surface area (Å²) in [5, 5.41) is 1.83. The number of para-hydroxylation sites is 1. The highest BCUT2D eigenvalue weighted by atomic mass is 35.5. The van der Waals surface area contributed by atoms with Gasteiger partial charge in [-0.15, -0.1) is 0 Å². The molecular formula is C20H20ClN3O2. The molecule has 0 unspecified atom stereocenters. The molecule has 1 aliphatic rings. The summed E-state index contributed by atoms with van der Waals surface area (Å²) >= 11 is 6.57. The molecule has 1 saturated heterocycles. The van der Waals surface area contributed by atoms with Crippen LogP contribution in [0.5, 0.6) is 0 Å². The first kappa shape index (κ1) is 17.1. The lowest BCUT2D eigenvalue weighted by atomic mass is 10.1. The number of aryl methyl sites for hydroxylation is 1. The summed E-state index contributed by atoms with van der Waals surface area (Å²) in [4.78, 5) is 21.3. The number of hydrogen-bond donors (Lipinski definition) is 0. The van der Waals surface area contributed by atoms with Gasteiger partial charge in [-0.25, -0.2) is 4.98 Å². The fourth-order valence-electron chi connectivity index (χ4n) is 3.41. The number of rotatable bonds is 3. The lowest BCUT2D eigenvalue weighted by molar-refractivity contribution is 0.0626. The second-order valence-electron chi connectivity index (χ2n) is 6.60. The average molecular weight is 370 g/mol. The summed E-state index contributed by atoms with van der Waals surface area (Å²) in [6.45, 7) is 5.71. The van der Waals surface area contributed by atoms with E-state index in [2.05, 4.69) is 4.90 Å².